The minimum absolute atomic E-state index is 0.0512. The van der Waals surface area contributed by atoms with Gasteiger partial charge in [0.2, 0.25) is 12.7 Å². The molecule has 2 aliphatic rings. The van der Waals surface area contributed by atoms with Crippen molar-refractivity contribution >= 4 is 34.0 Å². The summed E-state index contributed by atoms with van der Waals surface area (Å²) in [6.45, 7) is 0.919. The van der Waals surface area contributed by atoms with Crippen LogP contribution in [0.3, 0.4) is 0 Å². The summed E-state index contributed by atoms with van der Waals surface area (Å²) in [5.74, 6) is 1.35. The molecule has 1 atom stereocenters. The molecule has 188 valence electrons. The molecule has 1 aliphatic carbocycles. The van der Waals surface area contributed by atoms with Gasteiger partial charge in [-0.2, -0.15) is 0 Å². The predicted molar refractivity (Wildman–Crippen MR) is 143 cm³/mol. The first-order valence-electron chi connectivity index (χ1n) is 12.2. The number of thiazole rings is 1. The van der Waals surface area contributed by atoms with Crippen molar-refractivity contribution in [2.24, 2.45) is 0 Å². The SMILES string of the molecule is O=C(Nc1ncc(C(NCCc2ccccn2)c2ccccc2Cl)s1)C1(c2ccc3c(c2)OCO3)CC1. The van der Waals surface area contributed by atoms with E-state index < -0.39 is 5.41 Å². The Kier molecular flexibility index (Phi) is 6.54. The lowest BCUT2D eigenvalue weighted by Crippen LogP contribution is -2.27. The molecule has 2 aromatic carbocycles. The summed E-state index contributed by atoms with van der Waals surface area (Å²) < 4.78 is 10.9. The van der Waals surface area contributed by atoms with Gasteiger partial charge in [0.05, 0.1) is 11.5 Å². The fraction of sp³-hybridized carbons (Fsp3) is 0.250. The number of aromatic nitrogens is 2. The largest absolute Gasteiger partial charge is 0.454 e. The van der Waals surface area contributed by atoms with Gasteiger partial charge in [-0.15, -0.1) is 0 Å². The number of hydrogen-bond acceptors (Lipinski definition) is 7. The summed E-state index contributed by atoms with van der Waals surface area (Å²) in [5.41, 5.74) is 2.36. The highest BCUT2D eigenvalue weighted by molar-refractivity contribution is 7.15. The van der Waals surface area contributed by atoms with Gasteiger partial charge in [-0.3, -0.25) is 9.78 Å². The average Bonchev–Trinajstić information content (AvgIpc) is 3.38. The van der Waals surface area contributed by atoms with E-state index in [0.29, 0.717) is 28.2 Å². The van der Waals surface area contributed by atoms with Crippen molar-refractivity contribution in [2.45, 2.75) is 30.7 Å². The highest BCUT2D eigenvalue weighted by Crippen LogP contribution is 2.51. The lowest BCUT2D eigenvalue weighted by atomic mass is 9.94. The molecule has 0 spiro atoms. The number of rotatable bonds is 9. The van der Waals surface area contributed by atoms with Crippen molar-refractivity contribution in [3.63, 3.8) is 0 Å². The lowest BCUT2D eigenvalue weighted by molar-refractivity contribution is -0.118. The molecular formula is C28H25ClN4O3S. The van der Waals surface area contributed by atoms with Gasteiger partial charge in [0.1, 0.15) is 0 Å². The zero-order chi connectivity index (χ0) is 25.2. The molecule has 0 saturated heterocycles. The van der Waals surface area contributed by atoms with Crippen molar-refractivity contribution in [1.29, 1.82) is 0 Å². The zero-order valence-electron chi connectivity index (χ0n) is 19.9. The topological polar surface area (TPSA) is 85.4 Å². The normalized spacial score (nSPS) is 15.8. The number of ether oxygens (including phenoxy) is 2. The van der Waals surface area contributed by atoms with Crippen LogP contribution in [0.2, 0.25) is 5.02 Å². The maximum absolute atomic E-state index is 13.4. The maximum Gasteiger partial charge on any atom is 0.236 e. The Morgan fingerprint density at radius 2 is 1.89 bits per heavy atom. The van der Waals surface area contributed by atoms with Crippen molar-refractivity contribution in [3.8, 4) is 11.5 Å². The van der Waals surface area contributed by atoms with Crippen LogP contribution in [0, 0.1) is 0 Å². The number of hydrogen-bond donors (Lipinski definition) is 2. The van der Waals surface area contributed by atoms with Gasteiger partial charge >= 0.3 is 0 Å². The first kappa shape index (κ1) is 23.9. The average molecular weight is 533 g/mol. The van der Waals surface area contributed by atoms with Gasteiger partial charge in [0.15, 0.2) is 16.6 Å². The van der Waals surface area contributed by atoms with Crippen molar-refractivity contribution in [2.75, 3.05) is 18.7 Å². The number of nitrogens with one attached hydrogen (secondary N) is 2. The molecule has 2 aromatic heterocycles. The first-order valence-corrected chi connectivity index (χ1v) is 13.4. The number of nitrogens with zero attached hydrogens (tertiary/aromatic N) is 2. The number of carbonyl (C=O) groups is 1. The molecule has 7 nitrogen and oxygen atoms in total. The van der Waals surface area contributed by atoms with E-state index in [1.54, 1.807) is 6.20 Å². The molecular weight excluding hydrogens is 508 g/mol. The van der Waals surface area contributed by atoms with Crippen LogP contribution in [-0.4, -0.2) is 29.2 Å². The van der Waals surface area contributed by atoms with Crippen LogP contribution in [0.15, 0.2) is 73.1 Å². The Morgan fingerprint density at radius 1 is 1.05 bits per heavy atom. The second kappa shape index (κ2) is 10.1. The van der Waals surface area contributed by atoms with Crippen molar-refractivity contribution < 1.29 is 14.3 Å². The van der Waals surface area contributed by atoms with E-state index in [2.05, 4.69) is 20.6 Å². The Hall–Kier alpha value is -3.46. The van der Waals surface area contributed by atoms with Gasteiger partial charge in [-0.1, -0.05) is 53.3 Å². The summed E-state index contributed by atoms with van der Waals surface area (Å²) in [5, 5.41) is 7.91. The maximum atomic E-state index is 13.4. The molecule has 37 heavy (non-hydrogen) atoms. The van der Waals surface area contributed by atoms with Crippen LogP contribution in [0.5, 0.6) is 11.5 Å². The molecule has 1 fully saturated rings. The number of fused-ring (bicyclic) bond motifs is 1. The van der Waals surface area contributed by atoms with Crippen molar-refractivity contribution in [1.82, 2.24) is 15.3 Å². The molecule has 4 aromatic rings. The molecule has 9 heteroatoms. The summed E-state index contributed by atoms with van der Waals surface area (Å²) in [7, 11) is 0. The number of benzene rings is 2. The van der Waals surface area contributed by atoms with Gasteiger partial charge in [0, 0.05) is 41.0 Å². The van der Waals surface area contributed by atoms with Crippen LogP contribution in [0.25, 0.3) is 0 Å². The number of amides is 1. The predicted octanol–water partition coefficient (Wildman–Crippen LogP) is 5.51. The van der Waals surface area contributed by atoms with E-state index in [9.17, 15) is 4.79 Å². The van der Waals surface area contributed by atoms with E-state index in [0.717, 1.165) is 41.0 Å². The zero-order valence-corrected chi connectivity index (χ0v) is 21.5. The second-order valence-electron chi connectivity index (χ2n) is 9.15. The number of carbonyl (C=O) groups excluding carboxylic acids is 1. The molecule has 1 amide bonds. The van der Waals surface area contributed by atoms with E-state index in [1.807, 2.05) is 66.9 Å². The standard InChI is InChI=1S/C28H25ClN4O3S/c29-21-7-2-1-6-20(21)25(31-14-10-19-5-3-4-13-30-19)24-16-32-27(37-24)33-26(34)28(11-12-28)18-8-9-22-23(15-18)36-17-35-22/h1-9,13,15-16,25,31H,10-12,14,17H2,(H,32,33,34). The van der Waals surface area contributed by atoms with Crippen LogP contribution in [0.1, 0.15) is 40.6 Å². The van der Waals surface area contributed by atoms with E-state index in [-0.39, 0.29) is 18.7 Å². The third-order valence-corrected chi connectivity index (χ3v) is 8.13. The van der Waals surface area contributed by atoms with E-state index in [1.165, 1.54) is 11.3 Å². The van der Waals surface area contributed by atoms with Gasteiger partial charge in [0.25, 0.3) is 0 Å². The minimum Gasteiger partial charge on any atom is -0.454 e. The highest BCUT2D eigenvalue weighted by atomic mass is 35.5. The molecule has 0 radical (unpaired) electrons. The molecule has 1 aliphatic heterocycles. The quantitative estimate of drug-likeness (QED) is 0.295. The summed E-state index contributed by atoms with van der Waals surface area (Å²) in [6.07, 6.45) is 5.96. The fourth-order valence-corrected chi connectivity index (χ4v) is 5.78. The Labute approximate surface area is 223 Å². The first-order chi connectivity index (χ1) is 18.1. The smallest absolute Gasteiger partial charge is 0.236 e. The van der Waals surface area contributed by atoms with Crippen LogP contribution < -0.4 is 20.1 Å². The molecule has 0 bridgehead atoms. The lowest BCUT2D eigenvalue weighted by Gasteiger charge is -2.19. The van der Waals surface area contributed by atoms with Crippen molar-refractivity contribution in [3.05, 3.63) is 99.8 Å². The van der Waals surface area contributed by atoms with E-state index >= 15 is 0 Å². The summed E-state index contributed by atoms with van der Waals surface area (Å²) in [6, 6.07) is 19.3. The van der Waals surface area contributed by atoms with Gasteiger partial charge in [-0.25, -0.2) is 4.98 Å². The molecule has 1 saturated carbocycles. The number of pyridine rings is 1. The monoisotopic (exact) mass is 532 g/mol. The molecule has 1 unspecified atom stereocenters. The van der Waals surface area contributed by atoms with E-state index in [4.69, 9.17) is 21.1 Å². The minimum atomic E-state index is -0.560. The Morgan fingerprint density at radius 3 is 2.70 bits per heavy atom. The number of anilines is 1. The van der Waals surface area contributed by atoms with Gasteiger partial charge < -0.3 is 20.1 Å². The summed E-state index contributed by atoms with van der Waals surface area (Å²) >= 11 is 8.03. The third-order valence-electron chi connectivity index (χ3n) is 6.81. The fourth-order valence-electron chi connectivity index (χ4n) is 4.62. The molecule has 2 N–H and O–H groups in total. The Bertz CT molecular complexity index is 1420. The molecule has 3 heterocycles. The van der Waals surface area contributed by atoms with Crippen LogP contribution >= 0.6 is 22.9 Å². The number of halogens is 1. The van der Waals surface area contributed by atoms with Gasteiger partial charge in [-0.05, 0) is 54.3 Å². The second-order valence-corrected chi connectivity index (χ2v) is 10.6. The third kappa shape index (κ3) is 4.92. The van der Waals surface area contributed by atoms with Crippen LogP contribution in [-0.2, 0) is 16.6 Å². The molecule has 6 rings (SSSR count). The van der Waals surface area contributed by atoms with Crippen LogP contribution in [0.4, 0.5) is 5.13 Å². The summed E-state index contributed by atoms with van der Waals surface area (Å²) in [4.78, 5) is 23.3. The Balaban J connectivity index is 1.19. The highest BCUT2D eigenvalue weighted by Gasteiger charge is 2.52.